The second-order valence-corrected chi connectivity index (χ2v) is 5.04. The summed E-state index contributed by atoms with van der Waals surface area (Å²) in [4.78, 5) is 0. The molecule has 0 fully saturated rings. The molecule has 0 saturated carbocycles. The Balaban J connectivity index is 2.61. The zero-order valence-corrected chi connectivity index (χ0v) is 9.97. The van der Waals surface area contributed by atoms with Crippen LogP contribution in [0.2, 0.25) is 0 Å². The maximum absolute atomic E-state index is 12.0. The highest BCUT2D eigenvalue weighted by atomic mass is 32.2. The van der Waals surface area contributed by atoms with E-state index in [1.54, 1.807) is 0 Å². The minimum absolute atomic E-state index is 0.0825. The fourth-order valence-electron chi connectivity index (χ4n) is 1.44. The molecular formula is C9H13F3O4S. The zero-order valence-electron chi connectivity index (χ0n) is 9.16. The van der Waals surface area contributed by atoms with Gasteiger partial charge in [-0.15, -0.1) is 0 Å². The van der Waals surface area contributed by atoms with Crippen molar-refractivity contribution >= 4 is 10.1 Å². The highest BCUT2D eigenvalue weighted by molar-refractivity contribution is 7.87. The van der Waals surface area contributed by atoms with Crippen molar-refractivity contribution in [1.82, 2.24) is 0 Å². The predicted molar refractivity (Wildman–Crippen MR) is 53.4 cm³/mol. The van der Waals surface area contributed by atoms with Crippen molar-refractivity contribution in [2.75, 3.05) is 6.61 Å². The van der Waals surface area contributed by atoms with Crippen LogP contribution in [0.5, 0.6) is 0 Å². The lowest BCUT2D eigenvalue weighted by atomic mass is 10.0. The molecule has 4 nitrogen and oxygen atoms in total. The fraction of sp³-hybridized carbons (Fsp3) is 0.778. The maximum atomic E-state index is 12.0. The number of rotatable bonds is 4. The summed E-state index contributed by atoms with van der Waals surface area (Å²) in [6.45, 7) is 2.32. The van der Waals surface area contributed by atoms with Crippen molar-refractivity contribution in [3.8, 4) is 0 Å². The molecule has 1 aliphatic carbocycles. The number of hydrogen-bond donors (Lipinski definition) is 0. The number of alkyl halides is 3. The summed E-state index contributed by atoms with van der Waals surface area (Å²) in [6, 6.07) is 0. The third-order valence-electron chi connectivity index (χ3n) is 2.22. The van der Waals surface area contributed by atoms with Crippen LogP contribution in [0.4, 0.5) is 13.2 Å². The van der Waals surface area contributed by atoms with Crippen molar-refractivity contribution in [3.05, 3.63) is 11.8 Å². The second-order valence-electron chi connectivity index (χ2n) is 3.51. The van der Waals surface area contributed by atoms with Gasteiger partial charge >= 0.3 is 15.6 Å². The molecular weight excluding hydrogens is 261 g/mol. The molecule has 0 bridgehead atoms. The first-order valence-electron chi connectivity index (χ1n) is 5.07. The molecule has 8 heteroatoms. The van der Waals surface area contributed by atoms with Crippen LogP contribution in [0.1, 0.15) is 26.2 Å². The second kappa shape index (κ2) is 5.26. The maximum Gasteiger partial charge on any atom is 0.534 e. The summed E-state index contributed by atoms with van der Waals surface area (Å²) in [5, 5.41) is 0. The molecule has 1 atom stereocenters. The zero-order chi connectivity index (χ0) is 13.1. The smallest absolute Gasteiger partial charge is 0.381 e. The molecule has 1 rings (SSSR count). The van der Waals surface area contributed by atoms with Crippen LogP contribution in [0.25, 0.3) is 0 Å². The largest absolute Gasteiger partial charge is 0.534 e. The molecule has 0 heterocycles. The van der Waals surface area contributed by atoms with Crippen molar-refractivity contribution in [3.63, 3.8) is 0 Å². The molecule has 0 aromatic rings. The van der Waals surface area contributed by atoms with E-state index < -0.39 is 15.6 Å². The average molecular weight is 274 g/mol. The average Bonchev–Trinajstić information content (AvgIpc) is 2.19. The van der Waals surface area contributed by atoms with E-state index in [4.69, 9.17) is 4.74 Å². The van der Waals surface area contributed by atoms with Crippen LogP contribution < -0.4 is 0 Å². The molecule has 0 aromatic heterocycles. The molecule has 0 amide bonds. The third-order valence-corrected chi connectivity index (χ3v) is 3.22. The van der Waals surface area contributed by atoms with Gasteiger partial charge in [-0.25, -0.2) is 0 Å². The van der Waals surface area contributed by atoms with E-state index >= 15 is 0 Å². The molecule has 0 N–H and O–H groups in total. The first-order chi connectivity index (χ1) is 7.76. The van der Waals surface area contributed by atoms with Gasteiger partial charge < -0.3 is 8.92 Å². The monoisotopic (exact) mass is 274 g/mol. The Morgan fingerprint density at radius 1 is 1.47 bits per heavy atom. The van der Waals surface area contributed by atoms with Gasteiger partial charge in [-0.1, -0.05) is 0 Å². The van der Waals surface area contributed by atoms with Crippen LogP contribution in [0.3, 0.4) is 0 Å². The molecule has 1 aliphatic rings. The van der Waals surface area contributed by atoms with Crippen LogP contribution >= 0.6 is 0 Å². The highest BCUT2D eigenvalue weighted by Gasteiger charge is 2.48. The van der Waals surface area contributed by atoms with E-state index in [1.165, 1.54) is 6.08 Å². The van der Waals surface area contributed by atoms with Gasteiger partial charge in [-0.2, -0.15) is 21.6 Å². The fourth-order valence-corrected chi connectivity index (χ4v) is 1.96. The van der Waals surface area contributed by atoms with E-state index in [9.17, 15) is 21.6 Å². The van der Waals surface area contributed by atoms with Crippen molar-refractivity contribution in [2.24, 2.45) is 0 Å². The van der Waals surface area contributed by atoms with E-state index in [1.807, 2.05) is 6.92 Å². The lowest BCUT2D eigenvalue weighted by Gasteiger charge is -2.21. The minimum Gasteiger partial charge on any atom is -0.381 e. The van der Waals surface area contributed by atoms with E-state index in [-0.39, 0.29) is 18.3 Å². The summed E-state index contributed by atoms with van der Waals surface area (Å²) in [5.74, 6) is -0.168. The van der Waals surface area contributed by atoms with Gasteiger partial charge in [-0.3, -0.25) is 0 Å². The van der Waals surface area contributed by atoms with Crippen LogP contribution in [-0.4, -0.2) is 26.6 Å². The minimum atomic E-state index is -5.54. The summed E-state index contributed by atoms with van der Waals surface area (Å²) in [6.07, 6.45) is 2.18. The third kappa shape index (κ3) is 3.88. The summed E-state index contributed by atoms with van der Waals surface area (Å²) < 4.78 is 66.8. The number of allylic oxidation sites excluding steroid dienone is 1. The van der Waals surface area contributed by atoms with Crippen molar-refractivity contribution in [1.29, 1.82) is 0 Å². The highest BCUT2D eigenvalue weighted by Crippen LogP contribution is 2.30. The van der Waals surface area contributed by atoms with Crippen LogP contribution in [0.15, 0.2) is 11.8 Å². The van der Waals surface area contributed by atoms with Crippen LogP contribution in [0, 0.1) is 0 Å². The molecule has 1 unspecified atom stereocenters. The van der Waals surface area contributed by atoms with Gasteiger partial charge in [0.2, 0.25) is 0 Å². The van der Waals surface area contributed by atoms with Gasteiger partial charge in [0.05, 0.1) is 6.10 Å². The Labute approximate surface area is 97.5 Å². The normalized spacial score (nSPS) is 22.1. The molecule has 0 saturated heterocycles. The van der Waals surface area contributed by atoms with Crippen molar-refractivity contribution in [2.45, 2.75) is 37.8 Å². The number of ether oxygens (including phenoxy) is 1. The Kier molecular flexibility index (Phi) is 4.42. The Morgan fingerprint density at radius 3 is 2.53 bits per heavy atom. The Morgan fingerprint density at radius 2 is 2.12 bits per heavy atom. The number of halogens is 3. The van der Waals surface area contributed by atoms with E-state index in [2.05, 4.69) is 4.18 Å². The lowest BCUT2D eigenvalue weighted by Crippen LogP contribution is -2.26. The standard InChI is InChI=1S/C9H13F3O4S/c1-2-15-7-3-5-8(6-4-7)16-17(13,14)9(10,11)12/h5,7H,2-4,6H2,1H3. The molecule has 100 valence electrons. The van der Waals surface area contributed by atoms with Gasteiger partial charge in [0.1, 0.15) is 5.76 Å². The first kappa shape index (κ1) is 14.3. The molecule has 0 radical (unpaired) electrons. The topological polar surface area (TPSA) is 52.6 Å². The molecule has 0 aliphatic heterocycles. The number of hydrogen-bond acceptors (Lipinski definition) is 4. The van der Waals surface area contributed by atoms with E-state index in [0.717, 1.165) is 0 Å². The first-order valence-corrected chi connectivity index (χ1v) is 6.48. The van der Waals surface area contributed by atoms with Gasteiger partial charge in [0, 0.05) is 13.0 Å². The quantitative estimate of drug-likeness (QED) is 0.583. The van der Waals surface area contributed by atoms with Gasteiger partial charge in [0.25, 0.3) is 0 Å². The molecule has 0 spiro atoms. The molecule has 0 aromatic carbocycles. The Hall–Kier alpha value is -0.760. The van der Waals surface area contributed by atoms with Crippen LogP contribution in [-0.2, 0) is 19.0 Å². The molecule has 17 heavy (non-hydrogen) atoms. The predicted octanol–water partition coefficient (Wildman–Crippen LogP) is 2.33. The summed E-state index contributed by atoms with van der Waals surface area (Å²) >= 11 is 0. The van der Waals surface area contributed by atoms with Crippen molar-refractivity contribution < 1.29 is 30.5 Å². The van der Waals surface area contributed by atoms with Gasteiger partial charge in [0.15, 0.2) is 0 Å². The summed E-state index contributed by atoms with van der Waals surface area (Å²) in [5.41, 5.74) is -5.38. The lowest BCUT2D eigenvalue weighted by molar-refractivity contribution is -0.0526. The Bertz CT molecular complexity index is 386. The summed E-state index contributed by atoms with van der Waals surface area (Å²) in [7, 11) is -5.54. The van der Waals surface area contributed by atoms with E-state index in [0.29, 0.717) is 19.4 Å². The SMILES string of the molecule is CCOC1CC=C(OS(=O)(=O)C(F)(F)F)CC1. The van der Waals surface area contributed by atoms with Gasteiger partial charge in [-0.05, 0) is 25.8 Å².